The van der Waals surface area contributed by atoms with Crippen molar-refractivity contribution in [3.8, 4) is 53.9 Å². The Morgan fingerprint density at radius 3 is 1.89 bits per heavy atom. The van der Waals surface area contributed by atoms with E-state index in [0.29, 0.717) is 10.8 Å². The highest BCUT2D eigenvalue weighted by Gasteiger charge is 2.36. The van der Waals surface area contributed by atoms with E-state index in [2.05, 4.69) is 105 Å². The van der Waals surface area contributed by atoms with Gasteiger partial charge in [0.25, 0.3) is 0 Å². The van der Waals surface area contributed by atoms with Crippen LogP contribution in [0.4, 0.5) is 0 Å². The number of allylic oxidation sites excluding steroid dienone is 4. The summed E-state index contributed by atoms with van der Waals surface area (Å²) in [5.41, 5.74) is 9.25. The highest BCUT2D eigenvalue weighted by atomic mass is 32.2. The normalized spacial score (nSPS) is 16.2. The molecule has 1 aliphatic carbocycles. The van der Waals surface area contributed by atoms with Gasteiger partial charge in [0.05, 0.1) is 11.1 Å². The lowest BCUT2D eigenvalue weighted by molar-refractivity contribution is 0.661. The zero-order valence-corrected chi connectivity index (χ0v) is 33.7. The van der Waals surface area contributed by atoms with E-state index in [1.807, 2.05) is 81.6 Å². The van der Waals surface area contributed by atoms with Gasteiger partial charge in [-0.15, -0.1) is 68.4 Å². The SMILES string of the molecule is CC1(C)c2cc(-c3ccc(-c4ccc(/C=C(\C#N)c5cccs5)s4)s3)ccc2-c2ccc(-c3ccc(C4CC=C(/C=C(\C#N)c5cccs5)S4)s3)cc21. The van der Waals surface area contributed by atoms with E-state index in [9.17, 15) is 10.5 Å². The van der Waals surface area contributed by atoms with Gasteiger partial charge in [0.1, 0.15) is 12.1 Å². The molecular weight excluding hydrogens is 761 g/mol. The van der Waals surface area contributed by atoms with E-state index < -0.39 is 0 Å². The highest BCUT2D eigenvalue weighted by molar-refractivity contribution is 8.03. The summed E-state index contributed by atoms with van der Waals surface area (Å²) in [6, 6.07) is 40.1. The van der Waals surface area contributed by atoms with Gasteiger partial charge >= 0.3 is 0 Å². The molecule has 53 heavy (non-hydrogen) atoms. The van der Waals surface area contributed by atoms with Gasteiger partial charge in [0, 0.05) is 54.6 Å². The summed E-state index contributed by atoms with van der Waals surface area (Å²) in [7, 11) is 0. The van der Waals surface area contributed by atoms with Gasteiger partial charge in [-0.2, -0.15) is 10.5 Å². The number of rotatable bonds is 8. The number of fused-ring (bicyclic) bond motifs is 3. The van der Waals surface area contributed by atoms with Gasteiger partial charge in [-0.1, -0.05) is 56.3 Å². The van der Waals surface area contributed by atoms with Crippen molar-refractivity contribution in [2.24, 2.45) is 0 Å². The van der Waals surface area contributed by atoms with Crippen molar-refractivity contribution in [3.63, 3.8) is 0 Å². The molecule has 0 spiro atoms. The average Bonchev–Trinajstić information content (AvgIpc) is 4.03. The van der Waals surface area contributed by atoms with E-state index in [-0.39, 0.29) is 5.41 Å². The van der Waals surface area contributed by atoms with Gasteiger partial charge in [-0.25, -0.2) is 0 Å². The van der Waals surface area contributed by atoms with Crippen LogP contribution in [0.25, 0.3) is 59.0 Å². The predicted molar refractivity (Wildman–Crippen MR) is 233 cm³/mol. The molecule has 2 aromatic carbocycles. The maximum atomic E-state index is 9.73. The molecule has 8 heteroatoms. The summed E-state index contributed by atoms with van der Waals surface area (Å²) in [6.45, 7) is 4.72. The van der Waals surface area contributed by atoms with E-state index in [1.165, 1.54) is 62.7 Å². The van der Waals surface area contributed by atoms with Gasteiger partial charge in [0.15, 0.2) is 0 Å². The molecule has 5 aromatic heterocycles. The minimum atomic E-state index is -0.125. The third kappa shape index (κ3) is 6.44. The number of hydrogen-bond acceptors (Lipinski definition) is 8. The summed E-state index contributed by atoms with van der Waals surface area (Å²) in [6.07, 6.45) is 7.30. The fourth-order valence-electron chi connectivity index (χ4n) is 7.13. The zero-order valence-electron chi connectivity index (χ0n) is 28.8. The Labute approximate surface area is 334 Å². The summed E-state index contributed by atoms with van der Waals surface area (Å²) in [5.74, 6) is 0. The van der Waals surface area contributed by atoms with Crippen molar-refractivity contribution in [2.45, 2.75) is 30.9 Å². The van der Waals surface area contributed by atoms with Crippen LogP contribution in [0, 0.1) is 22.7 Å². The standard InChI is InChI=1S/C45H30N2S6/c1-45(2)35-23-27(39-15-17-43(52-39)41-13-9-31(50-41)21-29(25-46)37-5-3-19-48-37)7-11-33(35)34-12-8-28(24-36(34)45)40-16-18-44(53-40)42-14-10-32(51-42)22-30(26-47)38-6-4-20-49-38/h3-13,15-24,42H,14H2,1-2H3/b29-21+,30-22+. The van der Waals surface area contributed by atoms with Gasteiger partial charge in [-0.3, -0.25) is 0 Å². The Kier molecular flexibility index (Phi) is 9.08. The average molecular weight is 791 g/mol. The predicted octanol–water partition coefficient (Wildman–Crippen LogP) is 15.0. The molecule has 1 atom stereocenters. The first kappa shape index (κ1) is 34.3. The molecule has 1 aliphatic heterocycles. The van der Waals surface area contributed by atoms with E-state index in [4.69, 9.17) is 0 Å². The molecule has 6 heterocycles. The quantitative estimate of drug-likeness (QED) is 0.144. The van der Waals surface area contributed by atoms with E-state index in [0.717, 1.165) is 26.6 Å². The molecule has 7 aromatic rings. The molecule has 256 valence electrons. The third-order valence-electron chi connectivity index (χ3n) is 9.86. The molecule has 0 saturated heterocycles. The first-order valence-electron chi connectivity index (χ1n) is 17.2. The molecule has 1 unspecified atom stereocenters. The Morgan fingerprint density at radius 2 is 1.25 bits per heavy atom. The first-order valence-corrected chi connectivity index (χ1v) is 22.2. The summed E-state index contributed by atoms with van der Waals surface area (Å²) >= 11 is 10.5. The molecule has 0 fully saturated rings. The third-order valence-corrected chi connectivity index (χ3v) is 16.7. The van der Waals surface area contributed by atoms with Crippen molar-refractivity contribution >= 4 is 85.7 Å². The maximum absolute atomic E-state index is 9.73. The zero-order chi connectivity index (χ0) is 36.1. The van der Waals surface area contributed by atoms with Crippen LogP contribution in [0.5, 0.6) is 0 Å². The monoisotopic (exact) mass is 790 g/mol. The van der Waals surface area contributed by atoms with Crippen LogP contribution in [-0.4, -0.2) is 0 Å². The summed E-state index contributed by atoms with van der Waals surface area (Å²) < 4.78 is 0. The topological polar surface area (TPSA) is 47.6 Å². The van der Waals surface area contributed by atoms with Crippen molar-refractivity contribution < 1.29 is 0 Å². The lowest BCUT2D eigenvalue weighted by atomic mass is 9.81. The number of thioether (sulfide) groups is 1. The van der Waals surface area contributed by atoms with Crippen LogP contribution in [0.3, 0.4) is 0 Å². The molecule has 0 N–H and O–H groups in total. The van der Waals surface area contributed by atoms with Crippen molar-refractivity contribution in [2.75, 3.05) is 0 Å². The smallest absolute Gasteiger partial charge is 0.101 e. The van der Waals surface area contributed by atoms with Crippen LogP contribution >= 0.6 is 68.4 Å². The second-order valence-electron chi connectivity index (χ2n) is 13.5. The van der Waals surface area contributed by atoms with Gasteiger partial charge < -0.3 is 0 Å². The number of nitriles is 2. The van der Waals surface area contributed by atoms with Crippen LogP contribution in [0.1, 0.15) is 56.2 Å². The first-order chi connectivity index (χ1) is 25.9. The van der Waals surface area contributed by atoms with Crippen LogP contribution in [0.2, 0.25) is 0 Å². The molecule has 0 radical (unpaired) electrons. The molecule has 0 amide bonds. The summed E-state index contributed by atoms with van der Waals surface area (Å²) in [5, 5.41) is 23.9. The van der Waals surface area contributed by atoms with Crippen LogP contribution < -0.4 is 0 Å². The Balaban J connectivity index is 0.928. The fraction of sp³-hybridized carbons (Fsp3) is 0.111. The highest BCUT2D eigenvalue weighted by Crippen LogP contribution is 2.53. The molecule has 9 rings (SSSR count). The number of thiophene rings is 5. The Morgan fingerprint density at radius 1 is 0.660 bits per heavy atom. The molecule has 2 aliphatic rings. The Hall–Kier alpha value is -4.51. The molecule has 2 nitrogen and oxygen atoms in total. The van der Waals surface area contributed by atoms with Gasteiger partial charge in [-0.05, 0) is 123 Å². The molecule has 0 bridgehead atoms. The second kappa shape index (κ2) is 14.0. The number of nitrogens with zero attached hydrogens (tertiary/aromatic N) is 2. The maximum Gasteiger partial charge on any atom is 0.101 e. The Bertz CT molecular complexity index is 2680. The van der Waals surface area contributed by atoms with E-state index in [1.54, 1.807) is 34.0 Å². The number of benzene rings is 2. The van der Waals surface area contributed by atoms with Crippen molar-refractivity contribution in [1.29, 1.82) is 10.5 Å². The van der Waals surface area contributed by atoms with Crippen molar-refractivity contribution in [3.05, 3.63) is 156 Å². The number of hydrogen-bond donors (Lipinski definition) is 0. The molecule has 0 saturated carbocycles. The lowest BCUT2D eigenvalue weighted by Crippen LogP contribution is -2.15. The van der Waals surface area contributed by atoms with Gasteiger partial charge in [0.2, 0.25) is 0 Å². The molecular formula is C45H30N2S6. The van der Waals surface area contributed by atoms with Crippen molar-refractivity contribution in [1.82, 2.24) is 0 Å². The lowest BCUT2D eigenvalue weighted by Gasteiger charge is -2.22. The summed E-state index contributed by atoms with van der Waals surface area (Å²) in [4.78, 5) is 10.7. The fourth-order valence-corrected chi connectivity index (χ4v) is 12.9. The van der Waals surface area contributed by atoms with Crippen LogP contribution in [-0.2, 0) is 5.41 Å². The largest absolute Gasteiger partial charge is 0.192 e. The van der Waals surface area contributed by atoms with Crippen LogP contribution in [0.15, 0.2) is 125 Å². The second-order valence-corrected chi connectivity index (χ2v) is 19.9. The minimum Gasteiger partial charge on any atom is -0.192 e. The minimum absolute atomic E-state index is 0.125. The van der Waals surface area contributed by atoms with E-state index >= 15 is 0 Å².